The zero-order valence-electron chi connectivity index (χ0n) is 20.6. The Morgan fingerprint density at radius 3 is 2.08 bits per heavy atom. The van der Waals surface area contributed by atoms with Gasteiger partial charge in [-0.15, -0.1) is 0 Å². The summed E-state index contributed by atoms with van der Waals surface area (Å²) in [7, 11) is 0. The van der Waals surface area contributed by atoms with Crippen molar-refractivity contribution in [1.82, 2.24) is 5.32 Å². The highest BCUT2D eigenvalue weighted by atomic mass is 16.7. The van der Waals surface area contributed by atoms with Crippen molar-refractivity contribution in [3.8, 4) is 0 Å². The molecule has 1 heterocycles. The number of esters is 1. The number of rotatable bonds is 13. The van der Waals surface area contributed by atoms with Gasteiger partial charge in [0, 0.05) is 0 Å². The van der Waals surface area contributed by atoms with Gasteiger partial charge in [-0.2, -0.15) is 0 Å². The van der Waals surface area contributed by atoms with Crippen LogP contribution in [0.3, 0.4) is 0 Å². The number of Topliss-reactive ketones (excluding diaryl/α,β-unsaturated/α-hetero) is 1. The van der Waals surface area contributed by atoms with Gasteiger partial charge in [0.05, 0.1) is 25.1 Å². The molecule has 4 N–H and O–H groups in total. The maximum Gasteiger partial charge on any atom is 0.323 e. The molecule has 1 aliphatic heterocycles. The summed E-state index contributed by atoms with van der Waals surface area (Å²) in [4.78, 5) is 37.6. The number of carboxylic acids is 1. The maximum atomic E-state index is 13.2. The summed E-state index contributed by atoms with van der Waals surface area (Å²) >= 11 is 0. The number of hydrogen-bond donors (Lipinski definition) is 3. The van der Waals surface area contributed by atoms with E-state index in [-0.39, 0.29) is 19.4 Å². The topological polar surface area (TPSA) is 137 Å². The Labute approximate surface area is 210 Å². The van der Waals surface area contributed by atoms with E-state index in [2.05, 4.69) is 5.32 Å². The second-order valence-electron chi connectivity index (χ2n) is 9.34. The molecule has 194 valence electrons. The lowest BCUT2D eigenvalue weighted by Crippen LogP contribution is -2.54. The van der Waals surface area contributed by atoms with Crippen molar-refractivity contribution in [2.45, 2.75) is 63.1 Å². The van der Waals surface area contributed by atoms with E-state index >= 15 is 0 Å². The number of carboxylic acid groups (broad SMARTS) is 1. The fourth-order valence-corrected chi connectivity index (χ4v) is 4.06. The minimum atomic E-state index is -1.22. The number of aliphatic carboxylic acids is 1. The molecule has 0 aliphatic carbocycles. The zero-order chi connectivity index (χ0) is 26.1. The first-order chi connectivity index (χ1) is 17.1. The average molecular weight is 499 g/mol. The Kier molecular flexibility index (Phi) is 9.72. The summed E-state index contributed by atoms with van der Waals surface area (Å²) in [6.07, 6.45) is -0.403. The summed E-state index contributed by atoms with van der Waals surface area (Å²) in [5.74, 6) is -2.95. The number of nitrogens with one attached hydrogen (secondary N) is 1. The molecular formula is C27H34N2O7. The lowest BCUT2D eigenvalue weighted by atomic mass is 9.95. The van der Waals surface area contributed by atoms with Crippen molar-refractivity contribution in [2.24, 2.45) is 5.73 Å². The Morgan fingerprint density at radius 2 is 1.58 bits per heavy atom. The van der Waals surface area contributed by atoms with Crippen LogP contribution in [-0.4, -0.2) is 66.1 Å². The molecule has 4 atom stereocenters. The van der Waals surface area contributed by atoms with Gasteiger partial charge in [-0.3, -0.25) is 19.7 Å². The molecule has 2 aromatic rings. The molecular weight excluding hydrogens is 464 g/mol. The first kappa shape index (κ1) is 27.5. The molecule has 3 unspecified atom stereocenters. The van der Waals surface area contributed by atoms with Crippen molar-refractivity contribution in [3.63, 3.8) is 0 Å². The third-order valence-corrected chi connectivity index (χ3v) is 5.83. The number of benzene rings is 2. The van der Waals surface area contributed by atoms with Gasteiger partial charge in [-0.25, -0.2) is 0 Å². The summed E-state index contributed by atoms with van der Waals surface area (Å²) in [5, 5.41) is 12.3. The van der Waals surface area contributed by atoms with Crippen LogP contribution in [0.1, 0.15) is 31.4 Å². The lowest BCUT2D eigenvalue weighted by Gasteiger charge is -2.26. The Hall–Kier alpha value is -3.11. The molecule has 9 nitrogen and oxygen atoms in total. The molecule has 3 rings (SSSR count). The van der Waals surface area contributed by atoms with Gasteiger partial charge in [0.15, 0.2) is 11.6 Å². The van der Waals surface area contributed by atoms with E-state index in [0.29, 0.717) is 6.61 Å². The Bertz CT molecular complexity index is 1010. The molecule has 1 fully saturated rings. The largest absolute Gasteiger partial charge is 0.481 e. The van der Waals surface area contributed by atoms with Crippen LogP contribution in [0.4, 0.5) is 0 Å². The molecule has 0 saturated carbocycles. The lowest BCUT2D eigenvalue weighted by molar-refractivity contribution is -0.160. The van der Waals surface area contributed by atoms with Crippen LogP contribution in [0.2, 0.25) is 0 Å². The smallest absolute Gasteiger partial charge is 0.323 e. The monoisotopic (exact) mass is 498 g/mol. The SMILES string of the molecule is CC1(C)OCC(COC(=O)C(Cc2ccccc2)N[C@@H](Cc2ccccc2)C(=O)C(N)CC(=O)O)O1. The number of carbonyl (C=O) groups excluding carboxylic acids is 2. The molecule has 1 aliphatic rings. The number of nitrogens with two attached hydrogens (primary N) is 1. The zero-order valence-corrected chi connectivity index (χ0v) is 20.6. The number of ether oxygens (including phenoxy) is 3. The quantitative estimate of drug-likeness (QED) is 0.353. The van der Waals surface area contributed by atoms with Crippen molar-refractivity contribution in [1.29, 1.82) is 0 Å². The van der Waals surface area contributed by atoms with Gasteiger partial charge in [-0.05, 0) is 37.8 Å². The molecule has 0 aromatic heterocycles. The molecule has 0 spiro atoms. The van der Waals surface area contributed by atoms with Gasteiger partial charge in [0.2, 0.25) is 0 Å². The molecule has 0 amide bonds. The molecule has 36 heavy (non-hydrogen) atoms. The van der Waals surface area contributed by atoms with Crippen molar-refractivity contribution in [2.75, 3.05) is 13.2 Å². The standard InChI is InChI=1S/C27H34N2O7/c1-27(2)35-17-20(36-27)16-34-26(33)23(14-19-11-7-4-8-12-19)29-22(13-18-9-5-3-6-10-18)25(32)21(28)15-24(30)31/h3-12,20-23,29H,13-17,28H2,1-2H3,(H,30,31)/t20?,21?,22-,23?/m0/s1. The van der Waals surface area contributed by atoms with E-state index in [1.54, 1.807) is 13.8 Å². The van der Waals surface area contributed by atoms with Crippen LogP contribution in [0.5, 0.6) is 0 Å². The van der Waals surface area contributed by atoms with E-state index in [1.807, 2.05) is 60.7 Å². The highest BCUT2D eigenvalue weighted by Crippen LogP contribution is 2.22. The summed E-state index contributed by atoms with van der Waals surface area (Å²) in [6.45, 7) is 3.88. The van der Waals surface area contributed by atoms with E-state index in [4.69, 9.17) is 25.1 Å². The number of carbonyl (C=O) groups is 3. The fourth-order valence-electron chi connectivity index (χ4n) is 4.06. The minimum absolute atomic E-state index is 0.00502. The van der Waals surface area contributed by atoms with Crippen LogP contribution in [0.25, 0.3) is 0 Å². The van der Waals surface area contributed by atoms with E-state index in [1.165, 1.54) is 0 Å². The van der Waals surface area contributed by atoms with Crippen molar-refractivity contribution < 1.29 is 33.7 Å². The van der Waals surface area contributed by atoms with E-state index in [0.717, 1.165) is 11.1 Å². The molecule has 0 radical (unpaired) electrons. The van der Waals surface area contributed by atoms with Crippen LogP contribution in [0.15, 0.2) is 60.7 Å². The first-order valence-corrected chi connectivity index (χ1v) is 12.0. The molecule has 1 saturated heterocycles. The number of ketones is 1. The maximum absolute atomic E-state index is 13.2. The number of hydrogen-bond acceptors (Lipinski definition) is 8. The second kappa shape index (κ2) is 12.7. The van der Waals surface area contributed by atoms with Gasteiger partial charge in [0.25, 0.3) is 0 Å². The van der Waals surface area contributed by atoms with Crippen LogP contribution in [0, 0.1) is 0 Å². The third-order valence-electron chi connectivity index (χ3n) is 5.83. The van der Waals surface area contributed by atoms with E-state index in [9.17, 15) is 14.4 Å². The van der Waals surface area contributed by atoms with E-state index < -0.39 is 54.2 Å². The molecule has 0 bridgehead atoms. The third kappa shape index (κ3) is 8.53. The predicted octanol–water partition coefficient (Wildman–Crippen LogP) is 1.86. The fraction of sp³-hybridized carbons (Fsp3) is 0.444. The summed E-state index contributed by atoms with van der Waals surface area (Å²) in [6, 6.07) is 15.6. The van der Waals surface area contributed by atoms with Gasteiger partial charge in [0.1, 0.15) is 18.8 Å². The predicted molar refractivity (Wildman–Crippen MR) is 132 cm³/mol. The minimum Gasteiger partial charge on any atom is -0.481 e. The second-order valence-corrected chi connectivity index (χ2v) is 9.34. The molecule has 9 heteroatoms. The highest BCUT2D eigenvalue weighted by Gasteiger charge is 2.35. The first-order valence-electron chi connectivity index (χ1n) is 12.0. The van der Waals surface area contributed by atoms with Crippen molar-refractivity contribution >= 4 is 17.7 Å². The molecule has 2 aromatic carbocycles. The van der Waals surface area contributed by atoms with Gasteiger partial charge < -0.3 is 25.1 Å². The van der Waals surface area contributed by atoms with Gasteiger partial charge >= 0.3 is 11.9 Å². The van der Waals surface area contributed by atoms with Crippen molar-refractivity contribution in [3.05, 3.63) is 71.8 Å². The normalized spacial score (nSPS) is 19.2. The Morgan fingerprint density at radius 1 is 1.03 bits per heavy atom. The van der Waals surface area contributed by atoms with Crippen LogP contribution < -0.4 is 11.1 Å². The van der Waals surface area contributed by atoms with Crippen LogP contribution in [-0.2, 0) is 41.4 Å². The summed E-state index contributed by atoms with van der Waals surface area (Å²) < 4.78 is 16.8. The highest BCUT2D eigenvalue weighted by molar-refractivity contribution is 5.92. The van der Waals surface area contributed by atoms with Gasteiger partial charge in [-0.1, -0.05) is 60.7 Å². The summed E-state index contributed by atoms with van der Waals surface area (Å²) in [5.41, 5.74) is 7.64. The Balaban J connectivity index is 1.78. The average Bonchev–Trinajstić information content (AvgIpc) is 3.20. The van der Waals surface area contributed by atoms with Crippen LogP contribution >= 0.6 is 0 Å².